The predicted molar refractivity (Wildman–Crippen MR) is 57.7 cm³/mol. The molecular weight excluding hydrogens is 222 g/mol. The lowest BCUT2D eigenvalue weighted by Crippen LogP contribution is -2.67. The minimum Gasteiger partial charge on any atom is -0.272 e. The van der Waals surface area contributed by atoms with Gasteiger partial charge in [-0.3, -0.25) is 4.79 Å². The van der Waals surface area contributed by atoms with Gasteiger partial charge in [0.1, 0.15) is 0 Å². The van der Waals surface area contributed by atoms with E-state index < -0.39 is 14.8 Å². The molecule has 0 bridgehead atoms. The van der Waals surface area contributed by atoms with Crippen LogP contribution in [0, 0.1) is 5.92 Å². The van der Waals surface area contributed by atoms with Crippen LogP contribution in [0.25, 0.3) is 0 Å². The largest absolute Gasteiger partial charge is 0.272 e. The molecule has 1 saturated heterocycles. The maximum absolute atomic E-state index is 11.6. The van der Waals surface area contributed by atoms with Crippen LogP contribution < -0.4 is 0 Å². The van der Waals surface area contributed by atoms with E-state index in [0.717, 1.165) is 4.31 Å². The number of thiol groups is 1. The molecule has 1 atom stereocenters. The van der Waals surface area contributed by atoms with Crippen LogP contribution in [0.3, 0.4) is 0 Å². The number of nitrogens with zero attached hydrogens (tertiary/aromatic N) is 1. The van der Waals surface area contributed by atoms with Crippen molar-refractivity contribution < 1.29 is 13.2 Å². The number of rotatable bonds is 3. The van der Waals surface area contributed by atoms with E-state index >= 15 is 0 Å². The Kier molecular flexibility index (Phi) is 2.89. The minimum absolute atomic E-state index is 0.0909. The Morgan fingerprint density at radius 2 is 2.00 bits per heavy atom. The quantitative estimate of drug-likeness (QED) is 0.727. The van der Waals surface area contributed by atoms with Gasteiger partial charge in [0.05, 0.1) is 0 Å². The predicted octanol–water partition coefficient (Wildman–Crippen LogP) is 0.503. The number of carbonyl (C=O) groups is 1. The van der Waals surface area contributed by atoms with Crippen LogP contribution in [0.1, 0.15) is 20.8 Å². The van der Waals surface area contributed by atoms with Gasteiger partial charge in [0.15, 0.2) is 4.75 Å². The van der Waals surface area contributed by atoms with Gasteiger partial charge in [-0.15, -0.1) is 0 Å². The second-order valence-corrected chi connectivity index (χ2v) is 6.92. The summed E-state index contributed by atoms with van der Waals surface area (Å²) in [5.41, 5.74) is 0. The second-order valence-electron chi connectivity index (χ2n) is 4.14. The van der Waals surface area contributed by atoms with Crippen molar-refractivity contribution in [2.45, 2.75) is 25.5 Å². The van der Waals surface area contributed by atoms with E-state index in [9.17, 15) is 13.2 Å². The molecule has 0 aromatic carbocycles. The van der Waals surface area contributed by atoms with Gasteiger partial charge in [0, 0.05) is 6.54 Å². The molecule has 1 fully saturated rings. The normalized spacial score (nSPS) is 25.7. The highest BCUT2D eigenvalue weighted by Crippen LogP contribution is 2.35. The van der Waals surface area contributed by atoms with Gasteiger partial charge in [0.25, 0.3) is 15.9 Å². The second kappa shape index (κ2) is 3.41. The molecule has 82 valence electrons. The summed E-state index contributed by atoms with van der Waals surface area (Å²) >= 11 is 4.05. The van der Waals surface area contributed by atoms with E-state index in [0.29, 0.717) is 5.75 Å². The highest BCUT2D eigenvalue weighted by Gasteiger charge is 2.59. The SMILES string of the molecule is CC(CS)CN1C(=O)C(C)(C)S1(=O)=O. The Hall–Kier alpha value is -0.230. The monoisotopic (exact) mass is 237 g/mol. The van der Waals surface area contributed by atoms with Crippen molar-refractivity contribution in [2.75, 3.05) is 12.3 Å². The Morgan fingerprint density at radius 3 is 2.36 bits per heavy atom. The molecule has 0 aliphatic carbocycles. The maximum atomic E-state index is 11.6. The van der Waals surface area contributed by atoms with E-state index in [1.54, 1.807) is 0 Å². The van der Waals surface area contributed by atoms with Gasteiger partial charge in [0.2, 0.25) is 0 Å². The summed E-state index contributed by atoms with van der Waals surface area (Å²) in [6.45, 7) is 4.98. The molecule has 0 saturated carbocycles. The number of hydrogen-bond donors (Lipinski definition) is 1. The molecule has 0 aromatic rings. The van der Waals surface area contributed by atoms with Gasteiger partial charge in [-0.05, 0) is 25.5 Å². The van der Waals surface area contributed by atoms with Gasteiger partial charge in [-0.1, -0.05) is 6.92 Å². The Bertz CT molecular complexity index is 348. The molecule has 0 aromatic heterocycles. The third-order valence-electron chi connectivity index (χ3n) is 2.47. The van der Waals surface area contributed by atoms with E-state index in [-0.39, 0.29) is 18.4 Å². The molecule has 1 aliphatic rings. The minimum atomic E-state index is -3.41. The first-order chi connectivity index (χ1) is 6.25. The molecule has 0 N–H and O–H groups in total. The lowest BCUT2D eigenvalue weighted by atomic mass is 10.1. The summed E-state index contributed by atoms with van der Waals surface area (Å²) < 4.78 is 22.9. The lowest BCUT2D eigenvalue weighted by Gasteiger charge is -2.43. The van der Waals surface area contributed by atoms with Crippen LogP contribution in [-0.2, 0) is 14.8 Å². The molecule has 1 heterocycles. The molecule has 1 unspecified atom stereocenters. The van der Waals surface area contributed by atoms with Gasteiger partial charge >= 0.3 is 0 Å². The summed E-state index contributed by atoms with van der Waals surface area (Å²) in [6.07, 6.45) is 0. The van der Waals surface area contributed by atoms with Crippen molar-refractivity contribution in [2.24, 2.45) is 5.92 Å². The first-order valence-corrected chi connectivity index (χ1v) is 6.50. The Morgan fingerprint density at radius 1 is 1.50 bits per heavy atom. The van der Waals surface area contributed by atoms with E-state index in [1.165, 1.54) is 13.8 Å². The zero-order valence-corrected chi connectivity index (χ0v) is 10.2. The molecule has 1 amide bonds. The third kappa shape index (κ3) is 1.44. The zero-order chi connectivity index (χ0) is 11.1. The van der Waals surface area contributed by atoms with Crippen molar-refractivity contribution in [3.05, 3.63) is 0 Å². The Labute approximate surface area is 90.1 Å². The van der Waals surface area contributed by atoms with Gasteiger partial charge < -0.3 is 0 Å². The number of amides is 1. The molecule has 1 rings (SSSR count). The molecule has 4 nitrogen and oxygen atoms in total. The zero-order valence-electron chi connectivity index (χ0n) is 8.52. The van der Waals surface area contributed by atoms with E-state index in [1.807, 2.05) is 6.92 Å². The molecular formula is C8H15NO3S2. The molecule has 6 heteroatoms. The third-order valence-corrected chi connectivity index (χ3v) is 5.45. The summed E-state index contributed by atoms with van der Waals surface area (Å²) in [5.74, 6) is 0.346. The summed E-state index contributed by atoms with van der Waals surface area (Å²) in [7, 11) is -3.41. The van der Waals surface area contributed by atoms with Crippen LogP contribution in [-0.4, -0.2) is 35.7 Å². The van der Waals surface area contributed by atoms with Gasteiger partial charge in [-0.2, -0.15) is 12.6 Å². The van der Waals surface area contributed by atoms with E-state index in [2.05, 4.69) is 12.6 Å². The van der Waals surface area contributed by atoms with Crippen LogP contribution in [0.4, 0.5) is 0 Å². The smallest absolute Gasteiger partial charge is 0.258 e. The van der Waals surface area contributed by atoms with Gasteiger partial charge in [-0.25, -0.2) is 12.7 Å². The van der Waals surface area contributed by atoms with Crippen molar-refractivity contribution in [3.63, 3.8) is 0 Å². The highest BCUT2D eigenvalue weighted by molar-refractivity contribution is 7.94. The summed E-state index contributed by atoms with van der Waals surface area (Å²) in [5, 5.41) is 0. The van der Waals surface area contributed by atoms with Crippen molar-refractivity contribution >= 4 is 28.6 Å². The average Bonchev–Trinajstić information content (AvgIpc) is 2.12. The maximum Gasteiger partial charge on any atom is 0.258 e. The van der Waals surface area contributed by atoms with E-state index in [4.69, 9.17) is 0 Å². The fourth-order valence-electron chi connectivity index (χ4n) is 1.28. The molecule has 14 heavy (non-hydrogen) atoms. The standard InChI is InChI=1S/C8H15NO3S2/c1-6(5-13)4-9-7(10)8(2,3)14(9,11)12/h6,13H,4-5H2,1-3H3. The summed E-state index contributed by atoms with van der Waals surface area (Å²) in [4.78, 5) is 11.5. The topological polar surface area (TPSA) is 54.5 Å². The van der Waals surface area contributed by atoms with Crippen molar-refractivity contribution in [1.82, 2.24) is 4.31 Å². The molecule has 0 spiro atoms. The van der Waals surface area contributed by atoms with Crippen LogP contribution >= 0.6 is 12.6 Å². The van der Waals surface area contributed by atoms with Crippen LogP contribution in [0.5, 0.6) is 0 Å². The molecule has 1 aliphatic heterocycles. The first kappa shape index (κ1) is 11.8. The Balaban J connectivity index is 2.82. The van der Waals surface area contributed by atoms with Crippen LogP contribution in [0.2, 0.25) is 0 Å². The van der Waals surface area contributed by atoms with Crippen molar-refractivity contribution in [1.29, 1.82) is 0 Å². The van der Waals surface area contributed by atoms with Crippen LogP contribution in [0.15, 0.2) is 0 Å². The first-order valence-electron chi connectivity index (χ1n) is 4.42. The summed E-state index contributed by atoms with van der Waals surface area (Å²) in [6, 6.07) is 0. The van der Waals surface area contributed by atoms with Crippen molar-refractivity contribution in [3.8, 4) is 0 Å². The molecule has 0 radical (unpaired) electrons. The highest BCUT2D eigenvalue weighted by atomic mass is 32.2. The number of sulfonamides is 1. The number of hydrogen-bond acceptors (Lipinski definition) is 4. The lowest BCUT2D eigenvalue weighted by molar-refractivity contribution is -0.132. The number of carbonyl (C=O) groups excluding carboxylic acids is 1. The average molecular weight is 237 g/mol. The fraction of sp³-hybridized carbons (Fsp3) is 0.875. The fourth-order valence-corrected chi connectivity index (χ4v) is 3.04.